The lowest BCUT2D eigenvalue weighted by atomic mass is 9.88. The van der Waals surface area contributed by atoms with Crippen LogP contribution in [-0.4, -0.2) is 18.7 Å². The molecule has 0 aliphatic carbocycles. The van der Waals surface area contributed by atoms with Crippen molar-refractivity contribution in [3.8, 4) is 0 Å². The summed E-state index contributed by atoms with van der Waals surface area (Å²) >= 11 is 12.7. The monoisotopic (exact) mass is 315 g/mol. The number of nitrogens with one attached hydrogen (secondary N) is 1. The van der Waals surface area contributed by atoms with Crippen LogP contribution in [0.3, 0.4) is 0 Å². The Morgan fingerprint density at radius 1 is 1.25 bits per heavy atom. The first kappa shape index (κ1) is 16.1. The summed E-state index contributed by atoms with van der Waals surface area (Å²) in [5, 5.41) is 4.96. The van der Waals surface area contributed by atoms with Gasteiger partial charge in [-0.1, -0.05) is 29.3 Å². The van der Waals surface area contributed by atoms with Gasteiger partial charge in [-0.25, -0.2) is 0 Å². The molecule has 0 aromatic heterocycles. The zero-order valence-corrected chi connectivity index (χ0v) is 13.9. The fraction of sp³-hybridized carbons (Fsp3) is 0.625. The third-order valence-corrected chi connectivity index (χ3v) is 4.28. The lowest BCUT2D eigenvalue weighted by Crippen LogP contribution is -2.41. The van der Waals surface area contributed by atoms with Crippen molar-refractivity contribution in [3.05, 3.63) is 33.8 Å². The molecule has 0 saturated carbocycles. The maximum Gasteiger partial charge on any atom is 0.0894 e. The van der Waals surface area contributed by atoms with Crippen LogP contribution < -0.4 is 5.32 Å². The van der Waals surface area contributed by atoms with E-state index in [0.29, 0.717) is 16.0 Å². The van der Waals surface area contributed by atoms with Gasteiger partial charge in [0, 0.05) is 40.2 Å². The second kappa shape index (κ2) is 6.65. The molecule has 0 spiro atoms. The smallest absolute Gasteiger partial charge is 0.0894 e. The zero-order valence-electron chi connectivity index (χ0n) is 12.4. The van der Waals surface area contributed by atoms with Crippen molar-refractivity contribution in [1.82, 2.24) is 5.32 Å². The number of benzene rings is 1. The molecular weight excluding hydrogens is 293 g/mol. The number of rotatable bonds is 3. The molecule has 2 atom stereocenters. The van der Waals surface area contributed by atoms with E-state index in [4.69, 9.17) is 27.9 Å². The Kier molecular flexibility index (Phi) is 5.36. The van der Waals surface area contributed by atoms with Gasteiger partial charge < -0.3 is 10.1 Å². The summed E-state index contributed by atoms with van der Waals surface area (Å²) in [6, 6.07) is 5.64. The molecule has 2 rings (SSSR count). The molecule has 112 valence electrons. The Bertz CT molecular complexity index is 436. The molecule has 1 aromatic rings. The third-order valence-electron chi connectivity index (χ3n) is 3.62. The predicted octanol–water partition coefficient (Wildman–Crippen LogP) is 4.85. The van der Waals surface area contributed by atoms with E-state index in [9.17, 15) is 0 Å². The molecule has 1 aromatic carbocycles. The highest BCUT2D eigenvalue weighted by Gasteiger charge is 2.31. The summed E-state index contributed by atoms with van der Waals surface area (Å²) in [6.45, 7) is 8.21. The average Bonchev–Trinajstić information content (AvgIpc) is 2.36. The van der Waals surface area contributed by atoms with Crippen LogP contribution in [0, 0.1) is 5.92 Å². The van der Waals surface area contributed by atoms with Gasteiger partial charge in [0.1, 0.15) is 0 Å². The fourth-order valence-electron chi connectivity index (χ4n) is 2.59. The molecule has 0 amide bonds. The van der Waals surface area contributed by atoms with Crippen LogP contribution in [0.2, 0.25) is 10.0 Å². The van der Waals surface area contributed by atoms with Gasteiger partial charge in [-0.2, -0.15) is 0 Å². The fourth-order valence-corrected chi connectivity index (χ4v) is 3.20. The first-order chi connectivity index (χ1) is 9.38. The van der Waals surface area contributed by atoms with Crippen LogP contribution in [0.25, 0.3) is 0 Å². The van der Waals surface area contributed by atoms with Crippen LogP contribution in [-0.2, 0) is 4.74 Å². The van der Waals surface area contributed by atoms with E-state index in [-0.39, 0.29) is 11.6 Å². The molecule has 1 aliphatic heterocycles. The summed E-state index contributed by atoms with van der Waals surface area (Å²) in [5.41, 5.74) is 1.04. The SMILES string of the molecule is CC(C)(C)NCC1CCCOC1c1c(Cl)cccc1Cl. The van der Waals surface area contributed by atoms with Crippen molar-refractivity contribution in [2.24, 2.45) is 5.92 Å². The minimum Gasteiger partial charge on any atom is -0.373 e. The highest BCUT2D eigenvalue weighted by Crippen LogP contribution is 2.40. The number of halogens is 2. The number of ether oxygens (including phenoxy) is 1. The topological polar surface area (TPSA) is 21.3 Å². The van der Waals surface area contributed by atoms with E-state index in [1.807, 2.05) is 18.2 Å². The minimum absolute atomic E-state index is 0.0141. The van der Waals surface area contributed by atoms with Crippen molar-refractivity contribution in [2.75, 3.05) is 13.2 Å². The molecule has 1 N–H and O–H groups in total. The lowest BCUT2D eigenvalue weighted by Gasteiger charge is -2.35. The second-order valence-corrected chi connectivity index (χ2v) is 7.27. The summed E-state index contributed by atoms with van der Waals surface area (Å²) in [5.74, 6) is 0.403. The standard InChI is InChI=1S/C16H23Cl2NO/c1-16(2,3)19-10-11-6-5-9-20-15(11)14-12(17)7-4-8-13(14)18/h4,7-8,11,15,19H,5-6,9-10H2,1-3H3. The highest BCUT2D eigenvalue weighted by atomic mass is 35.5. The van der Waals surface area contributed by atoms with E-state index >= 15 is 0 Å². The van der Waals surface area contributed by atoms with E-state index in [0.717, 1.165) is 31.6 Å². The largest absolute Gasteiger partial charge is 0.373 e. The van der Waals surface area contributed by atoms with Gasteiger partial charge in [-0.05, 0) is 45.7 Å². The Morgan fingerprint density at radius 3 is 2.50 bits per heavy atom. The number of hydrogen-bond acceptors (Lipinski definition) is 2. The first-order valence-electron chi connectivity index (χ1n) is 7.19. The average molecular weight is 316 g/mol. The lowest BCUT2D eigenvalue weighted by molar-refractivity contribution is -0.0291. The Morgan fingerprint density at radius 2 is 1.90 bits per heavy atom. The van der Waals surface area contributed by atoms with Crippen LogP contribution in [0.1, 0.15) is 45.3 Å². The van der Waals surface area contributed by atoms with Gasteiger partial charge in [-0.15, -0.1) is 0 Å². The molecule has 1 fully saturated rings. The molecule has 1 heterocycles. The molecule has 20 heavy (non-hydrogen) atoms. The van der Waals surface area contributed by atoms with Gasteiger partial charge in [0.15, 0.2) is 0 Å². The maximum atomic E-state index is 6.33. The van der Waals surface area contributed by atoms with Gasteiger partial charge in [0.25, 0.3) is 0 Å². The van der Waals surface area contributed by atoms with Crippen LogP contribution in [0.4, 0.5) is 0 Å². The number of hydrogen-bond donors (Lipinski definition) is 1. The summed E-state index contributed by atoms with van der Waals surface area (Å²) in [7, 11) is 0. The van der Waals surface area contributed by atoms with E-state index in [1.165, 1.54) is 0 Å². The zero-order chi connectivity index (χ0) is 14.8. The normalized spacial score (nSPS) is 23.9. The summed E-state index contributed by atoms with van der Waals surface area (Å²) in [4.78, 5) is 0. The van der Waals surface area contributed by atoms with E-state index in [1.54, 1.807) is 0 Å². The molecule has 2 unspecified atom stereocenters. The highest BCUT2D eigenvalue weighted by molar-refractivity contribution is 6.36. The van der Waals surface area contributed by atoms with Crippen LogP contribution in [0.5, 0.6) is 0 Å². The molecular formula is C16H23Cl2NO. The molecule has 1 saturated heterocycles. The van der Waals surface area contributed by atoms with Crippen molar-refractivity contribution in [3.63, 3.8) is 0 Å². The molecule has 4 heteroatoms. The molecule has 2 nitrogen and oxygen atoms in total. The van der Waals surface area contributed by atoms with Gasteiger partial charge in [0.2, 0.25) is 0 Å². The van der Waals surface area contributed by atoms with Gasteiger partial charge in [-0.3, -0.25) is 0 Å². The Labute approximate surface area is 131 Å². The van der Waals surface area contributed by atoms with Crippen LogP contribution >= 0.6 is 23.2 Å². The summed E-state index contributed by atoms with van der Waals surface area (Å²) < 4.78 is 5.99. The second-order valence-electron chi connectivity index (χ2n) is 6.46. The Balaban J connectivity index is 2.18. The van der Waals surface area contributed by atoms with E-state index in [2.05, 4.69) is 26.1 Å². The first-order valence-corrected chi connectivity index (χ1v) is 7.94. The van der Waals surface area contributed by atoms with E-state index < -0.39 is 0 Å². The Hall–Kier alpha value is -0.280. The van der Waals surface area contributed by atoms with Crippen LogP contribution in [0.15, 0.2) is 18.2 Å². The quantitative estimate of drug-likeness (QED) is 0.861. The predicted molar refractivity (Wildman–Crippen MR) is 85.6 cm³/mol. The molecule has 0 radical (unpaired) electrons. The summed E-state index contributed by atoms with van der Waals surface area (Å²) in [6.07, 6.45) is 2.21. The van der Waals surface area contributed by atoms with Gasteiger partial charge >= 0.3 is 0 Å². The minimum atomic E-state index is -0.0141. The molecule has 0 bridgehead atoms. The molecule has 1 aliphatic rings. The van der Waals surface area contributed by atoms with Crippen molar-refractivity contribution >= 4 is 23.2 Å². The van der Waals surface area contributed by atoms with Crippen molar-refractivity contribution in [2.45, 2.75) is 45.3 Å². The third kappa shape index (κ3) is 4.11. The van der Waals surface area contributed by atoms with Crippen molar-refractivity contribution < 1.29 is 4.74 Å². The van der Waals surface area contributed by atoms with Crippen molar-refractivity contribution in [1.29, 1.82) is 0 Å². The maximum absolute atomic E-state index is 6.33. The van der Waals surface area contributed by atoms with Gasteiger partial charge in [0.05, 0.1) is 6.10 Å².